The molecular weight excluding hydrogens is 288 g/mol. The zero-order chi connectivity index (χ0) is 15.6. The summed E-state index contributed by atoms with van der Waals surface area (Å²) >= 11 is 1.50. The van der Waals surface area contributed by atoms with Crippen molar-refractivity contribution in [3.63, 3.8) is 0 Å². The SMILES string of the molecule is CC(C)C1SCC(C(=O)O)N1C(=O)[C@H](N)c1ccccc1. The Morgan fingerprint density at radius 3 is 2.48 bits per heavy atom. The van der Waals surface area contributed by atoms with Crippen LogP contribution in [0.4, 0.5) is 0 Å². The van der Waals surface area contributed by atoms with Crippen LogP contribution in [0.1, 0.15) is 25.5 Å². The van der Waals surface area contributed by atoms with Crippen molar-refractivity contribution in [2.24, 2.45) is 11.7 Å². The third kappa shape index (κ3) is 3.22. The van der Waals surface area contributed by atoms with Gasteiger partial charge in [-0.25, -0.2) is 4.79 Å². The first kappa shape index (κ1) is 15.9. The molecule has 1 aliphatic heterocycles. The van der Waals surface area contributed by atoms with Crippen LogP contribution in [0.2, 0.25) is 0 Å². The van der Waals surface area contributed by atoms with Gasteiger partial charge < -0.3 is 15.7 Å². The van der Waals surface area contributed by atoms with Crippen LogP contribution in [-0.4, -0.2) is 39.1 Å². The van der Waals surface area contributed by atoms with E-state index in [1.54, 1.807) is 12.1 Å². The minimum Gasteiger partial charge on any atom is -0.480 e. The molecule has 3 N–H and O–H groups in total. The van der Waals surface area contributed by atoms with Crippen molar-refractivity contribution in [3.8, 4) is 0 Å². The first-order valence-corrected chi connectivity index (χ1v) is 7.95. The van der Waals surface area contributed by atoms with Crippen LogP contribution in [-0.2, 0) is 9.59 Å². The molecule has 1 amide bonds. The predicted molar refractivity (Wildman–Crippen MR) is 82.7 cm³/mol. The first-order valence-electron chi connectivity index (χ1n) is 6.90. The Labute approximate surface area is 128 Å². The fraction of sp³-hybridized carbons (Fsp3) is 0.467. The summed E-state index contributed by atoms with van der Waals surface area (Å²) in [6, 6.07) is 7.42. The van der Waals surface area contributed by atoms with Crippen LogP contribution in [0.15, 0.2) is 30.3 Å². The lowest BCUT2D eigenvalue weighted by Crippen LogP contribution is -2.50. The summed E-state index contributed by atoms with van der Waals surface area (Å²) in [4.78, 5) is 25.5. The Hall–Kier alpha value is -1.53. The molecule has 0 aliphatic carbocycles. The number of benzene rings is 1. The standard InChI is InChI=1S/C15H20N2O3S/c1-9(2)14-17(11(8-21-14)15(19)20)13(18)12(16)10-6-4-3-5-7-10/h3-7,9,11-12,14H,8,16H2,1-2H3,(H,19,20)/t11?,12-,14?/m1/s1. The molecule has 1 fully saturated rings. The molecule has 2 unspecified atom stereocenters. The van der Waals surface area contributed by atoms with Crippen molar-refractivity contribution >= 4 is 23.6 Å². The van der Waals surface area contributed by atoms with Crippen LogP contribution in [0.25, 0.3) is 0 Å². The zero-order valence-electron chi connectivity index (χ0n) is 12.1. The molecule has 2 rings (SSSR count). The second-order valence-electron chi connectivity index (χ2n) is 5.46. The van der Waals surface area contributed by atoms with Crippen molar-refractivity contribution in [2.45, 2.75) is 31.3 Å². The zero-order valence-corrected chi connectivity index (χ0v) is 12.9. The monoisotopic (exact) mass is 308 g/mol. The average Bonchev–Trinajstić information content (AvgIpc) is 2.91. The lowest BCUT2D eigenvalue weighted by atomic mass is 10.0. The maximum absolute atomic E-state index is 12.7. The van der Waals surface area contributed by atoms with Gasteiger partial charge in [-0.3, -0.25) is 4.79 Å². The maximum atomic E-state index is 12.7. The number of hydrogen-bond donors (Lipinski definition) is 2. The van der Waals surface area contributed by atoms with Gasteiger partial charge in [-0.1, -0.05) is 44.2 Å². The van der Waals surface area contributed by atoms with E-state index < -0.39 is 18.1 Å². The van der Waals surface area contributed by atoms with E-state index in [0.717, 1.165) is 0 Å². The molecule has 0 spiro atoms. The number of hydrogen-bond acceptors (Lipinski definition) is 4. The van der Waals surface area contributed by atoms with Gasteiger partial charge in [0.1, 0.15) is 12.1 Å². The van der Waals surface area contributed by atoms with E-state index in [0.29, 0.717) is 11.3 Å². The molecule has 3 atom stereocenters. The Bertz CT molecular complexity index is 521. The van der Waals surface area contributed by atoms with Crippen LogP contribution in [0.3, 0.4) is 0 Å². The van der Waals surface area contributed by atoms with E-state index in [9.17, 15) is 14.7 Å². The summed E-state index contributed by atoms with van der Waals surface area (Å²) in [5.41, 5.74) is 6.75. The van der Waals surface area contributed by atoms with E-state index in [4.69, 9.17) is 5.73 Å². The second kappa shape index (κ2) is 6.49. The Morgan fingerprint density at radius 1 is 1.33 bits per heavy atom. The molecule has 6 heteroatoms. The second-order valence-corrected chi connectivity index (χ2v) is 6.61. The van der Waals surface area contributed by atoms with Gasteiger partial charge in [0.2, 0.25) is 5.91 Å². The molecule has 0 saturated carbocycles. The number of nitrogens with zero attached hydrogens (tertiary/aromatic N) is 1. The van der Waals surface area contributed by atoms with Gasteiger partial charge in [0.05, 0.1) is 5.37 Å². The molecule has 21 heavy (non-hydrogen) atoms. The molecule has 1 aromatic carbocycles. The number of thioether (sulfide) groups is 1. The molecule has 5 nitrogen and oxygen atoms in total. The number of rotatable bonds is 4. The number of amides is 1. The number of nitrogens with two attached hydrogens (primary N) is 1. The molecule has 0 aromatic heterocycles. The summed E-state index contributed by atoms with van der Waals surface area (Å²) in [7, 11) is 0. The van der Waals surface area contributed by atoms with Gasteiger partial charge in [-0.2, -0.15) is 0 Å². The van der Waals surface area contributed by atoms with E-state index in [2.05, 4.69) is 0 Å². The molecule has 0 bridgehead atoms. The van der Waals surface area contributed by atoms with Gasteiger partial charge in [-0.05, 0) is 11.5 Å². The van der Waals surface area contributed by atoms with Gasteiger partial charge in [0, 0.05) is 5.75 Å². The van der Waals surface area contributed by atoms with E-state index in [1.165, 1.54) is 16.7 Å². The summed E-state index contributed by atoms with van der Waals surface area (Å²) in [6.07, 6.45) is 0. The van der Waals surface area contributed by atoms with E-state index in [-0.39, 0.29) is 17.2 Å². The van der Waals surface area contributed by atoms with Crippen molar-refractivity contribution in [3.05, 3.63) is 35.9 Å². The first-order chi connectivity index (χ1) is 9.93. The summed E-state index contributed by atoms with van der Waals surface area (Å²) < 4.78 is 0. The molecule has 114 valence electrons. The molecule has 1 heterocycles. The fourth-order valence-electron chi connectivity index (χ4n) is 2.47. The fourth-order valence-corrected chi connectivity index (χ4v) is 3.95. The largest absolute Gasteiger partial charge is 0.480 e. The van der Waals surface area contributed by atoms with Gasteiger partial charge >= 0.3 is 5.97 Å². The minimum absolute atomic E-state index is 0.145. The molecule has 1 saturated heterocycles. The molecular formula is C15H20N2O3S. The third-order valence-electron chi connectivity index (χ3n) is 3.57. The van der Waals surface area contributed by atoms with Gasteiger partial charge in [0.25, 0.3) is 0 Å². The minimum atomic E-state index is -0.973. The smallest absolute Gasteiger partial charge is 0.327 e. The van der Waals surface area contributed by atoms with Crippen LogP contribution in [0.5, 0.6) is 0 Å². The lowest BCUT2D eigenvalue weighted by Gasteiger charge is -2.31. The van der Waals surface area contributed by atoms with Crippen LogP contribution < -0.4 is 5.73 Å². The van der Waals surface area contributed by atoms with Gasteiger partial charge in [0.15, 0.2) is 0 Å². The van der Waals surface area contributed by atoms with Crippen molar-refractivity contribution in [2.75, 3.05) is 5.75 Å². The maximum Gasteiger partial charge on any atom is 0.327 e. The highest BCUT2D eigenvalue weighted by atomic mass is 32.2. The number of aliphatic carboxylic acids is 1. The van der Waals surface area contributed by atoms with Crippen molar-refractivity contribution in [1.29, 1.82) is 0 Å². The van der Waals surface area contributed by atoms with Crippen LogP contribution >= 0.6 is 11.8 Å². The van der Waals surface area contributed by atoms with Crippen molar-refractivity contribution in [1.82, 2.24) is 4.90 Å². The van der Waals surface area contributed by atoms with E-state index >= 15 is 0 Å². The molecule has 1 aliphatic rings. The highest BCUT2D eigenvalue weighted by Gasteiger charge is 2.44. The predicted octanol–water partition coefficient (Wildman–Crippen LogP) is 1.70. The summed E-state index contributed by atoms with van der Waals surface area (Å²) in [5.74, 6) is -0.714. The number of carbonyl (C=O) groups excluding carboxylic acids is 1. The molecule has 0 radical (unpaired) electrons. The third-order valence-corrected chi connectivity index (χ3v) is 5.19. The topological polar surface area (TPSA) is 83.6 Å². The Morgan fingerprint density at radius 2 is 1.95 bits per heavy atom. The quantitative estimate of drug-likeness (QED) is 0.884. The van der Waals surface area contributed by atoms with E-state index in [1.807, 2.05) is 32.0 Å². The van der Waals surface area contributed by atoms with Crippen LogP contribution in [0, 0.1) is 5.92 Å². The summed E-state index contributed by atoms with van der Waals surface area (Å²) in [5, 5.41) is 9.19. The number of carboxylic acids is 1. The highest BCUT2D eigenvalue weighted by Crippen LogP contribution is 2.35. The average molecular weight is 308 g/mol. The highest BCUT2D eigenvalue weighted by molar-refractivity contribution is 8.00. The van der Waals surface area contributed by atoms with Crippen molar-refractivity contribution < 1.29 is 14.7 Å². The Balaban J connectivity index is 2.27. The number of carbonyl (C=O) groups is 2. The summed E-state index contributed by atoms with van der Waals surface area (Å²) in [6.45, 7) is 3.96. The number of carboxylic acid groups (broad SMARTS) is 1. The molecule has 1 aromatic rings. The van der Waals surface area contributed by atoms with Gasteiger partial charge in [-0.15, -0.1) is 11.8 Å². The lowest BCUT2D eigenvalue weighted by molar-refractivity contribution is -0.150. The Kier molecular flexibility index (Phi) is 4.90. The normalized spacial score (nSPS) is 23.3.